The van der Waals surface area contributed by atoms with Crippen LogP contribution in [0.1, 0.15) is 16.7 Å². The summed E-state index contributed by atoms with van der Waals surface area (Å²) >= 11 is 6.02. The van der Waals surface area contributed by atoms with Gasteiger partial charge in [-0.3, -0.25) is 4.57 Å². The van der Waals surface area contributed by atoms with Crippen molar-refractivity contribution in [3.05, 3.63) is 98.9 Å². The molecule has 0 amide bonds. The van der Waals surface area contributed by atoms with E-state index in [1.54, 1.807) is 48.1 Å². The van der Waals surface area contributed by atoms with Gasteiger partial charge in [-0.15, -0.1) is 0 Å². The summed E-state index contributed by atoms with van der Waals surface area (Å²) in [6.07, 6.45) is 0.744. The Kier molecular flexibility index (Phi) is 6.13. The lowest BCUT2D eigenvalue weighted by Crippen LogP contribution is -2.29. The number of nitrogens with one attached hydrogen (secondary N) is 1. The highest BCUT2D eigenvalue weighted by Crippen LogP contribution is 2.32. The van der Waals surface area contributed by atoms with Gasteiger partial charge in [-0.2, -0.15) is 10.2 Å². The molecule has 0 saturated heterocycles. The zero-order valence-electron chi connectivity index (χ0n) is 18.9. The molecule has 2 heterocycles. The highest BCUT2D eigenvalue weighted by molar-refractivity contribution is 6.30. The minimum absolute atomic E-state index is 0.297. The van der Waals surface area contributed by atoms with E-state index < -0.39 is 0 Å². The van der Waals surface area contributed by atoms with Gasteiger partial charge in [0.15, 0.2) is 0 Å². The van der Waals surface area contributed by atoms with Crippen molar-refractivity contribution in [2.45, 2.75) is 19.5 Å². The molecule has 0 unspecified atom stereocenters. The molecule has 1 aliphatic heterocycles. The first-order valence-electron chi connectivity index (χ1n) is 11.0. The Balaban J connectivity index is 1.37. The Morgan fingerprint density at radius 1 is 1.11 bits per heavy atom. The van der Waals surface area contributed by atoms with Gasteiger partial charge in [0.1, 0.15) is 29.1 Å². The molecule has 1 N–H and O–H groups in total. The Morgan fingerprint density at radius 3 is 2.80 bits per heavy atom. The molecule has 0 spiro atoms. The number of anilines is 1. The summed E-state index contributed by atoms with van der Waals surface area (Å²) in [5, 5.41) is 13.4. The van der Waals surface area contributed by atoms with Gasteiger partial charge in [-0.05, 0) is 66.1 Å². The number of fused-ring (bicyclic) bond motifs is 3. The van der Waals surface area contributed by atoms with Crippen molar-refractivity contribution < 1.29 is 9.47 Å². The fourth-order valence-corrected chi connectivity index (χ4v) is 4.32. The zero-order valence-corrected chi connectivity index (χ0v) is 19.7. The minimum atomic E-state index is -0.297. The number of ether oxygens (including phenoxy) is 2. The number of aryl methyl sites for hydroxylation is 1. The van der Waals surface area contributed by atoms with Gasteiger partial charge < -0.3 is 14.8 Å². The number of rotatable bonds is 6. The molecule has 0 fully saturated rings. The SMILES string of the molecule is COc1ccc2c(c1)CCn1c-2cc(NCc2ccc(Oc3cccc(Cl)c3)c(C#N)c2)nc1=O. The van der Waals surface area contributed by atoms with Crippen LogP contribution in [0.3, 0.4) is 0 Å². The molecule has 0 atom stereocenters. The molecular weight excluding hydrogens is 464 g/mol. The molecule has 0 bridgehead atoms. The van der Waals surface area contributed by atoms with Gasteiger partial charge in [-0.25, -0.2) is 4.79 Å². The van der Waals surface area contributed by atoms with E-state index in [1.165, 1.54) is 0 Å². The van der Waals surface area contributed by atoms with Gasteiger partial charge in [0.05, 0.1) is 18.4 Å². The highest BCUT2D eigenvalue weighted by atomic mass is 35.5. The Bertz CT molecular complexity index is 1520. The summed E-state index contributed by atoms with van der Waals surface area (Å²) in [7, 11) is 1.64. The third-order valence-electron chi connectivity index (χ3n) is 5.87. The smallest absolute Gasteiger partial charge is 0.349 e. The van der Waals surface area contributed by atoms with E-state index in [9.17, 15) is 10.1 Å². The van der Waals surface area contributed by atoms with Crippen LogP contribution in [0.5, 0.6) is 17.2 Å². The summed E-state index contributed by atoms with van der Waals surface area (Å²) in [6.45, 7) is 0.957. The molecule has 1 aliphatic rings. The largest absolute Gasteiger partial charge is 0.497 e. The van der Waals surface area contributed by atoms with Crippen LogP contribution in [0.2, 0.25) is 5.02 Å². The second-order valence-corrected chi connectivity index (χ2v) is 8.53. The average molecular weight is 485 g/mol. The van der Waals surface area contributed by atoms with Gasteiger partial charge in [0.25, 0.3) is 0 Å². The normalized spacial score (nSPS) is 11.7. The monoisotopic (exact) mass is 484 g/mol. The summed E-state index contributed by atoms with van der Waals surface area (Å²) < 4.78 is 12.9. The van der Waals surface area contributed by atoms with Crippen molar-refractivity contribution in [3.8, 4) is 34.6 Å². The predicted octanol–water partition coefficient (Wildman–Crippen LogP) is 5.40. The van der Waals surface area contributed by atoms with Crippen LogP contribution in [0.15, 0.2) is 71.5 Å². The number of benzene rings is 3. The van der Waals surface area contributed by atoms with E-state index in [0.29, 0.717) is 41.0 Å². The third-order valence-corrected chi connectivity index (χ3v) is 6.10. The fourth-order valence-electron chi connectivity index (χ4n) is 4.14. The number of nitrogens with zero attached hydrogens (tertiary/aromatic N) is 3. The number of nitriles is 1. The van der Waals surface area contributed by atoms with E-state index in [4.69, 9.17) is 21.1 Å². The second-order valence-electron chi connectivity index (χ2n) is 8.09. The summed E-state index contributed by atoms with van der Waals surface area (Å²) in [6, 6.07) is 22.3. The topological polar surface area (TPSA) is 89.2 Å². The molecule has 5 rings (SSSR count). The summed E-state index contributed by atoms with van der Waals surface area (Å²) in [5.41, 5.74) is 3.90. The molecular formula is C27H21ClN4O3. The summed E-state index contributed by atoms with van der Waals surface area (Å²) in [4.78, 5) is 16.9. The quantitative estimate of drug-likeness (QED) is 0.394. The Hall–Kier alpha value is -4.28. The minimum Gasteiger partial charge on any atom is -0.497 e. The summed E-state index contributed by atoms with van der Waals surface area (Å²) in [5.74, 6) is 2.26. The van der Waals surface area contributed by atoms with Crippen LogP contribution in [0.25, 0.3) is 11.3 Å². The van der Waals surface area contributed by atoms with Crippen LogP contribution in [-0.2, 0) is 19.5 Å². The number of halogens is 1. The number of hydrogen-bond acceptors (Lipinski definition) is 6. The lowest BCUT2D eigenvalue weighted by Gasteiger charge is -2.22. The molecule has 8 heteroatoms. The van der Waals surface area contributed by atoms with Crippen molar-refractivity contribution >= 4 is 17.4 Å². The molecule has 3 aromatic carbocycles. The molecule has 0 saturated carbocycles. The molecule has 1 aromatic heterocycles. The molecule has 0 aliphatic carbocycles. The standard InChI is InChI=1S/C27H21ClN4O3/c1-34-21-6-7-23-18(12-21)9-10-32-24(23)14-26(31-27(32)33)30-16-17-5-8-25(19(11-17)15-29)35-22-4-2-3-20(28)13-22/h2-8,11-14H,9-10,16H2,1H3,(H,30,31,33). The maximum Gasteiger partial charge on any atom is 0.349 e. The lowest BCUT2D eigenvalue weighted by molar-refractivity contribution is 0.414. The Labute approximate surface area is 207 Å². The molecule has 0 radical (unpaired) electrons. The van der Waals surface area contributed by atoms with Gasteiger partial charge in [-0.1, -0.05) is 23.7 Å². The van der Waals surface area contributed by atoms with E-state index >= 15 is 0 Å². The number of aromatic nitrogens is 2. The van der Waals surface area contributed by atoms with Crippen LogP contribution in [-0.4, -0.2) is 16.7 Å². The van der Waals surface area contributed by atoms with E-state index in [1.807, 2.05) is 30.3 Å². The first-order valence-corrected chi connectivity index (χ1v) is 11.4. The second kappa shape index (κ2) is 9.53. The van der Waals surface area contributed by atoms with Gasteiger partial charge >= 0.3 is 5.69 Å². The van der Waals surface area contributed by atoms with Crippen molar-refractivity contribution in [1.82, 2.24) is 9.55 Å². The van der Waals surface area contributed by atoms with Crippen molar-refractivity contribution in [2.75, 3.05) is 12.4 Å². The van der Waals surface area contributed by atoms with E-state index in [2.05, 4.69) is 16.4 Å². The van der Waals surface area contributed by atoms with Crippen molar-refractivity contribution in [3.63, 3.8) is 0 Å². The van der Waals surface area contributed by atoms with Crippen LogP contribution in [0, 0.1) is 11.3 Å². The van der Waals surface area contributed by atoms with Crippen LogP contribution < -0.4 is 20.5 Å². The average Bonchev–Trinajstić information content (AvgIpc) is 2.87. The molecule has 174 valence electrons. The first-order chi connectivity index (χ1) is 17.0. The van der Waals surface area contributed by atoms with Crippen LogP contribution >= 0.6 is 11.6 Å². The zero-order chi connectivity index (χ0) is 24.4. The molecule has 4 aromatic rings. The molecule has 35 heavy (non-hydrogen) atoms. The highest BCUT2D eigenvalue weighted by Gasteiger charge is 2.19. The fraction of sp³-hybridized carbons (Fsp3) is 0.148. The maximum atomic E-state index is 12.7. The van der Waals surface area contributed by atoms with Crippen molar-refractivity contribution in [2.24, 2.45) is 0 Å². The lowest BCUT2D eigenvalue weighted by atomic mass is 9.97. The number of methoxy groups -OCH3 is 1. The van der Waals surface area contributed by atoms with E-state index in [-0.39, 0.29) is 5.69 Å². The van der Waals surface area contributed by atoms with Crippen LogP contribution in [0.4, 0.5) is 5.82 Å². The molecule has 7 nitrogen and oxygen atoms in total. The first kappa shape index (κ1) is 22.5. The maximum absolute atomic E-state index is 12.7. The number of hydrogen-bond donors (Lipinski definition) is 1. The van der Waals surface area contributed by atoms with Gasteiger partial charge in [0, 0.05) is 29.7 Å². The van der Waals surface area contributed by atoms with Gasteiger partial charge in [0.2, 0.25) is 0 Å². The third kappa shape index (κ3) is 4.70. The Morgan fingerprint density at radius 2 is 2.00 bits per heavy atom. The van der Waals surface area contributed by atoms with E-state index in [0.717, 1.165) is 34.6 Å². The predicted molar refractivity (Wildman–Crippen MR) is 134 cm³/mol. The van der Waals surface area contributed by atoms with Crippen molar-refractivity contribution in [1.29, 1.82) is 5.26 Å².